The van der Waals surface area contributed by atoms with Crippen molar-refractivity contribution < 1.29 is 9.47 Å². The third-order valence-corrected chi connectivity index (χ3v) is 5.29. The van der Waals surface area contributed by atoms with Crippen molar-refractivity contribution in [2.45, 2.75) is 57.7 Å². The van der Waals surface area contributed by atoms with Gasteiger partial charge in [0.25, 0.3) is 0 Å². The van der Waals surface area contributed by atoms with Crippen LogP contribution < -0.4 is 0 Å². The van der Waals surface area contributed by atoms with Crippen molar-refractivity contribution in [2.75, 3.05) is 13.2 Å². The van der Waals surface area contributed by atoms with Crippen LogP contribution in [-0.2, 0) is 15.9 Å². The molecule has 1 saturated heterocycles. The van der Waals surface area contributed by atoms with Gasteiger partial charge in [0, 0.05) is 13.2 Å². The van der Waals surface area contributed by atoms with Gasteiger partial charge in [-0.05, 0) is 71.5 Å². The number of thiophene rings is 1. The summed E-state index contributed by atoms with van der Waals surface area (Å²) in [6.45, 7) is 1.73. The second kappa shape index (κ2) is 9.11. The van der Waals surface area contributed by atoms with Crippen LogP contribution in [0.2, 0.25) is 0 Å². The molecule has 0 saturated carbocycles. The van der Waals surface area contributed by atoms with Crippen molar-refractivity contribution in [2.24, 2.45) is 0 Å². The summed E-state index contributed by atoms with van der Waals surface area (Å²) >= 11 is 5.36. The molecule has 1 aromatic rings. The SMILES string of the molecule is Brc1sccc1CCCCCCOC1CCCCO1. The molecule has 4 heteroatoms. The highest BCUT2D eigenvalue weighted by Gasteiger charge is 2.13. The maximum Gasteiger partial charge on any atom is 0.157 e. The number of hydrogen-bond acceptors (Lipinski definition) is 3. The lowest BCUT2D eigenvalue weighted by atomic mass is 10.1. The Morgan fingerprint density at radius 2 is 2.16 bits per heavy atom. The maximum absolute atomic E-state index is 5.73. The summed E-state index contributed by atoms with van der Waals surface area (Å²) in [5.74, 6) is 0. The number of rotatable bonds is 8. The zero-order valence-corrected chi connectivity index (χ0v) is 13.8. The van der Waals surface area contributed by atoms with E-state index < -0.39 is 0 Å². The Kier molecular flexibility index (Phi) is 7.43. The molecule has 108 valence electrons. The number of aryl methyl sites for hydroxylation is 1. The fourth-order valence-electron chi connectivity index (χ4n) is 2.33. The van der Waals surface area contributed by atoms with Crippen molar-refractivity contribution >= 4 is 27.3 Å². The summed E-state index contributed by atoms with van der Waals surface area (Å²) in [6, 6.07) is 2.22. The first-order chi connectivity index (χ1) is 9.36. The summed E-state index contributed by atoms with van der Waals surface area (Å²) in [7, 11) is 0. The standard InChI is InChI=1S/C15H23BrO2S/c16-15-13(9-12-19-15)7-3-1-2-5-10-17-14-8-4-6-11-18-14/h9,12,14H,1-8,10-11H2. The smallest absolute Gasteiger partial charge is 0.157 e. The molecule has 1 aliphatic heterocycles. The maximum atomic E-state index is 5.73. The summed E-state index contributed by atoms with van der Waals surface area (Å²) in [5.41, 5.74) is 1.46. The van der Waals surface area contributed by atoms with E-state index in [4.69, 9.17) is 9.47 Å². The third kappa shape index (κ3) is 5.94. The van der Waals surface area contributed by atoms with Gasteiger partial charge in [0.15, 0.2) is 6.29 Å². The Morgan fingerprint density at radius 1 is 1.26 bits per heavy atom. The average molecular weight is 347 g/mol. The summed E-state index contributed by atoms with van der Waals surface area (Å²) < 4.78 is 12.6. The molecule has 2 nitrogen and oxygen atoms in total. The van der Waals surface area contributed by atoms with Gasteiger partial charge in [0.2, 0.25) is 0 Å². The summed E-state index contributed by atoms with van der Waals surface area (Å²) in [4.78, 5) is 0. The van der Waals surface area contributed by atoms with Gasteiger partial charge in [-0.3, -0.25) is 0 Å². The van der Waals surface area contributed by atoms with Crippen molar-refractivity contribution in [1.29, 1.82) is 0 Å². The Labute approximate surface area is 128 Å². The predicted molar refractivity (Wildman–Crippen MR) is 83.7 cm³/mol. The van der Waals surface area contributed by atoms with Crippen molar-refractivity contribution in [1.82, 2.24) is 0 Å². The van der Waals surface area contributed by atoms with Crippen LogP contribution in [-0.4, -0.2) is 19.5 Å². The van der Waals surface area contributed by atoms with Gasteiger partial charge < -0.3 is 9.47 Å². The molecule has 1 fully saturated rings. The van der Waals surface area contributed by atoms with Crippen LogP contribution in [0.25, 0.3) is 0 Å². The normalized spacial score (nSPS) is 19.7. The van der Waals surface area contributed by atoms with Crippen molar-refractivity contribution in [3.8, 4) is 0 Å². The van der Waals surface area contributed by atoms with Gasteiger partial charge in [-0.15, -0.1) is 11.3 Å². The lowest BCUT2D eigenvalue weighted by molar-refractivity contribution is -0.162. The molecule has 1 unspecified atom stereocenters. The second-order valence-electron chi connectivity index (χ2n) is 5.05. The Hall–Kier alpha value is 0.1000. The molecular formula is C15H23BrO2S. The molecular weight excluding hydrogens is 324 g/mol. The number of hydrogen-bond donors (Lipinski definition) is 0. The van der Waals surface area contributed by atoms with Crippen molar-refractivity contribution in [3.05, 3.63) is 20.8 Å². The van der Waals surface area contributed by atoms with E-state index >= 15 is 0 Å². The lowest BCUT2D eigenvalue weighted by Crippen LogP contribution is -2.22. The molecule has 0 radical (unpaired) electrons. The van der Waals surface area contributed by atoms with Crippen LogP contribution in [0.1, 0.15) is 50.5 Å². The Morgan fingerprint density at radius 3 is 2.89 bits per heavy atom. The molecule has 1 aliphatic rings. The van der Waals surface area contributed by atoms with Crippen LogP contribution in [0.3, 0.4) is 0 Å². The molecule has 1 atom stereocenters. The zero-order valence-electron chi connectivity index (χ0n) is 11.4. The first-order valence-electron chi connectivity index (χ1n) is 7.31. The van der Waals surface area contributed by atoms with Crippen LogP contribution in [0.15, 0.2) is 15.2 Å². The highest BCUT2D eigenvalue weighted by atomic mass is 79.9. The topological polar surface area (TPSA) is 18.5 Å². The van der Waals surface area contributed by atoms with Gasteiger partial charge in [0.1, 0.15) is 0 Å². The molecule has 0 aromatic carbocycles. The van der Waals surface area contributed by atoms with Crippen LogP contribution in [0.5, 0.6) is 0 Å². The van der Waals surface area contributed by atoms with E-state index in [1.54, 1.807) is 11.3 Å². The molecule has 1 aromatic heterocycles. The fourth-order valence-corrected chi connectivity index (χ4v) is 3.65. The van der Waals surface area contributed by atoms with E-state index in [-0.39, 0.29) is 6.29 Å². The molecule has 0 bridgehead atoms. The third-order valence-electron chi connectivity index (χ3n) is 3.48. The van der Waals surface area contributed by atoms with Crippen LogP contribution in [0.4, 0.5) is 0 Å². The number of ether oxygens (including phenoxy) is 2. The first kappa shape index (κ1) is 15.5. The minimum absolute atomic E-state index is 0.0792. The second-order valence-corrected chi connectivity index (χ2v) is 7.28. The van der Waals surface area contributed by atoms with E-state index in [9.17, 15) is 0 Å². The minimum atomic E-state index is 0.0792. The van der Waals surface area contributed by atoms with E-state index in [0.29, 0.717) is 0 Å². The van der Waals surface area contributed by atoms with Crippen molar-refractivity contribution in [3.63, 3.8) is 0 Å². The number of halogens is 1. The summed E-state index contributed by atoms with van der Waals surface area (Å²) in [5, 5.41) is 2.15. The molecule has 0 N–H and O–H groups in total. The highest BCUT2D eigenvalue weighted by molar-refractivity contribution is 9.11. The Bertz CT molecular complexity index is 348. The zero-order chi connectivity index (χ0) is 13.3. The molecule has 2 rings (SSSR count). The minimum Gasteiger partial charge on any atom is -0.353 e. The fraction of sp³-hybridized carbons (Fsp3) is 0.733. The van der Waals surface area contributed by atoms with E-state index in [2.05, 4.69) is 27.4 Å². The molecule has 0 aliphatic carbocycles. The van der Waals surface area contributed by atoms with Gasteiger partial charge in [-0.25, -0.2) is 0 Å². The largest absolute Gasteiger partial charge is 0.353 e. The number of unbranched alkanes of at least 4 members (excludes halogenated alkanes) is 3. The van der Waals surface area contributed by atoms with Gasteiger partial charge in [-0.2, -0.15) is 0 Å². The monoisotopic (exact) mass is 346 g/mol. The molecule has 0 amide bonds. The quantitative estimate of drug-likeness (QED) is 0.605. The first-order valence-corrected chi connectivity index (χ1v) is 8.98. The molecule has 2 heterocycles. The van der Waals surface area contributed by atoms with Gasteiger partial charge in [0.05, 0.1) is 3.79 Å². The van der Waals surface area contributed by atoms with E-state index in [1.165, 1.54) is 47.9 Å². The average Bonchev–Trinajstić information content (AvgIpc) is 2.84. The van der Waals surface area contributed by atoms with Gasteiger partial charge >= 0.3 is 0 Å². The highest BCUT2D eigenvalue weighted by Crippen LogP contribution is 2.25. The van der Waals surface area contributed by atoms with E-state index in [0.717, 1.165) is 26.1 Å². The lowest BCUT2D eigenvalue weighted by Gasteiger charge is -2.22. The van der Waals surface area contributed by atoms with Gasteiger partial charge in [-0.1, -0.05) is 12.8 Å². The summed E-state index contributed by atoms with van der Waals surface area (Å²) in [6.07, 6.45) is 9.77. The van der Waals surface area contributed by atoms with Crippen LogP contribution >= 0.6 is 27.3 Å². The van der Waals surface area contributed by atoms with Crippen LogP contribution in [0, 0.1) is 0 Å². The van der Waals surface area contributed by atoms with E-state index in [1.807, 2.05) is 0 Å². The molecule has 0 spiro atoms. The predicted octanol–water partition coefficient (Wildman–Crippen LogP) is 5.16. The Balaban J connectivity index is 1.43. The molecule has 19 heavy (non-hydrogen) atoms.